The number of hydrogen-bond donors (Lipinski definition) is 2. The third kappa shape index (κ3) is 2.11. The molecule has 1 aromatic heterocycles. The second-order valence-electron chi connectivity index (χ2n) is 3.23. The Morgan fingerprint density at radius 2 is 1.53 bits per heavy atom. The Hall–Kier alpha value is -2.52. The van der Waals surface area contributed by atoms with Gasteiger partial charge in [0.15, 0.2) is 23.3 Å². The van der Waals surface area contributed by atoms with Crippen LogP contribution in [0, 0.1) is 29.1 Å². The highest BCUT2D eigenvalue weighted by Gasteiger charge is 2.27. The van der Waals surface area contributed by atoms with Crippen molar-refractivity contribution in [3.8, 4) is 0 Å². The third-order valence-corrected chi connectivity index (χ3v) is 2.08. The molecule has 0 unspecified atom stereocenters. The maximum absolute atomic E-state index is 13.2. The minimum atomic E-state index is -2.31. The normalized spacial score (nSPS) is 10.6. The average molecular weight is 278 g/mol. The number of carbonyl (C=O) groups is 1. The third-order valence-electron chi connectivity index (χ3n) is 2.08. The molecular weight excluding hydrogens is 275 g/mol. The Morgan fingerprint density at radius 3 is 2.00 bits per heavy atom. The molecule has 19 heavy (non-hydrogen) atoms. The fourth-order valence-electron chi connectivity index (χ4n) is 1.20. The summed E-state index contributed by atoms with van der Waals surface area (Å²) < 4.78 is 64.9. The molecule has 0 aliphatic carbocycles. The number of amides is 1. The number of benzene rings is 1. The van der Waals surface area contributed by atoms with Crippen molar-refractivity contribution in [2.75, 3.05) is 5.32 Å². The van der Waals surface area contributed by atoms with Crippen molar-refractivity contribution in [3.63, 3.8) is 0 Å². The number of carbonyl (C=O) groups excluding carboxylic acids is 1. The maximum atomic E-state index is 13.2. The molecule has 1 heterocycles. The van der Waals surface area contributed by atoms with E-state index in [1.54, 1.807) is 0 Å². The van der Waals surface area contributed by atoms with E-state index in [0.29, 0.717) is 0 Å². The Morgan fingerprint density at radius 1 is 1.00 bits per heavy atom. The van der Waals surface area contributed by atoms with Crippen molar-refractivity contribution < 1.29 is 26.7 Å². The van der Waals surface area contributed by atoms with Gasteiger partial charge in [0.25, 0.3) is 5.91 Å². The molecule has 0 fully saturated rings. The van der Waals surface area contributed by atoms with Gasteiger partial charge in [-0.05, 0) is 0 Å². The summed E-state index contributed by atoms with van der Waals surface area (Å²) in [6.07, 6.45) is 0.924. The summed E-state index contributed by atoms with van der Waals surface area (Å²) in [6.45, 7) is 0. The van der Waals surface area contributed by atoms with E-state index in [-0.39, 0.29) is 0 Å². The van der Waals surface area contributed by atoms with Crippen molar-refractivity contribution >= 4 is 11.6 Å². The van der Waals surface area contributed by atoms with E-state index in [1.165, 1.54) is 5.32 Å². The average Bonchev–Trinajstić information content (AvgIpc) is 2.93. The first-order valence-corrected chi connectivity index (χ1v) is 4.61. The molecule has 2 N–H and O–H groups in total. The van der Waals surface area contributed by atoms with Gasteiger partial charge in [0, 0.05) is 0 Å². The minimum absolute atomic E-state index is 0.455. The van der Waals surface area contributed by atoms with Crippen LogP contribution in [0.4, 0.5) is 27.6 Å². The number of H-pyrrole nitrogens is 1. The molecule has 0 aliphatic heterocycles. The smallest absolute Gasteiger partial charge is 0.293 e. The van der Waals surface area contributed by atoms with Gasteiger partial charge >= 0.3 is 0 Å². The molecule has 100 valence electrons. The number of aromatic nitrogens is 3. The van der Waals surface area contributed by atoms with E-state index in [4.69, 9.17) is 0 Å². The van der Waals surface area contributed by atoms with E-state index < -0.39 is 46.5 Å². The molecule has 2 rings (SSSR count). The second-order valence-corrected chi connectivity index (χ2v) is 3.23. The van der Waals surface area contributed by atoms with Crippen molar-refractivity contribution in [2.24, 2.45) is 0 Å². The molecule has 5 nitrogen and oxygen atoms in total. The van der Waals surface area contributed by atoms with Gasteiger partial charge in [-0.1, -0.05) is 0 Å². The molecule has 1 aromatic carbocycles. The fourth-order valence-corrected chi connectivity index (χ4v) is 1.20. The standard InChI is InChI=1S/C9H3F5N4O/c10-2-3(11)5(13)7(6(14)4(2)12)17-9(19)8-15-1-16-18-8/h1H,(H,17,19)(H,15,16,18). The molecule has 0 saturated heterocycles. The highest BCUT2D eigenvalue weighted by molar-refractivity contribution is 6.01. The van der Waals surface area contributed by atoms with Crippen LogP contribution in [-0.2, 0) is 0 Å². The second kappa shape index (κ2) is 4.63. The maximum Gasteiger partial charge on any atom is 0.293 e. The monoisotopic (exact) mass is 278 g/mol. The largest absolute Gasteiger partial charge is 0.314 e. The molecule has 1 amide bonds. The zero-order valence-corrected chi connectivity index (χ0v) is 8.77. The summed E-state index contributed by atoms with van der Waals surface area (Å²) >= 11 is 0. The summed E-state index contributed by atoms with van der Waals surface area (Å²) in [4.78, 5) is 14.7. The van der Waals surface area contributed by atoms with Gasteiger partial charge in [0.1, 0.15) is 12.0 Å². The highest BCUT2D eigenvalue weighted by atomic mass is 19.2. The number of halogens is 5. The molecule has 0 radical (unpaired) electrons. The zero-order valence-electron chi connectivity index (χ0n) is 8.77. The van der Waals surface area contributed by atoms with Crippen LogP contribution in [0.15, 0.2) is 6.33 Å². The fraction of sp³-hybridized carbons (Fsp3) is 0. The van der Waals surface area contributed by atoms with E-state index in [9.17, 15) is 26.7 Å². The molecule has 0 spiro atoms. The van der Waals surface area contributed by atoms with E-state index in [0.717, 1.165) is 6.33 Å². The summed E-state index contributed by atoms with van der Waals surface area (Å²) in [7, 11) is 0. The lowest BCUT2D eigenvalue weighted by Gasteiger charge is -2.08. The molecule has 2 aromatic rings. The van der Waals surface area contributed by atoms with Crippen LogP contribution in [0.25, 0.3) is 0 Å². The van der Waals surface area contributed by atoms with Crippen molar-refractivity contribution in [1.82, 2.24) is 15.2 Å². The Balaban J connectivity index is 2.44. The summed E-state index contributed by atoms with van der Waals surface area (Å²) in [5.74, 6) is -12.6. The molecule has 0 saturated carbocycles. The van der Waals surface area contributed by atoms with Crippen LogP contribution in [-0.4, -0.2) is 21.1 Å². The van der Waals surface area contributed by atoms with E-state index >= 15 is 0 Å². The van der Waals surface area contributed by atoms with Gasteiger partial charge in [-0.3, -0.25) is 9.89 Å². The predicted molar refractivity (Wildman–Crippen MR) is 50.6 cm³/mol. The number of hydrogen-bond acceptors (Lipinski definition) is 3. The van der Waals surface area contributed by atoms with Gasteiger partial charge in [-0.15, -0.1) is 0 Å². The summed E-state index contributed by atoms with van der Waals surface area (Å²) in [5, 5.41) is 6.86. The first-order chi connectivity index (χ1) is 8.93. The van der Waals surface area contributed by atoms with Crippen molar-refractivity contribution in [2.45, 2.75) is 0 Å². The van der Waals surface area contributed by atoms with Gasteiger partial charge in [-0.2, -0.15) is 5.10 Å². The lowest BCUT2D eigenvalue weighted by atomic mass is 10.2. The zero-order chi connectivity index (χ0) is 14.2. The minimum Gasteiger partial charge on any atom is -0.314 e. The first kappa shape index (κ1) is 12.9. The lowest BCUT2D eigenvalue weighted by Crippen LogP contribution is -2.18. The van der Waals surface area contributed by atoms with Gasteiger partial charge in [0.2, 0.25) is 11.6 Å². The van der Waals surface area contributed by atoms with Crippen LogP contribution in [0.2, 0.25) is 0 Å². The quantitative estimate of drug-likeness (QED) is 0.499. The highest BCUT2D eigenvalue weighted by Crippen LogP contribution is 2.27. The molecule has 10 heteroatoms. The van der Waals surface area contributed by atoms with E-state index in [1.807, 2.05) is 0 Å². The van der Waals surface area contributed by atoms with Crippen LogP contribution in [0.1, 0.15) is 10.6 Å². The Labute approximate surface area is 101 Å². The number of rotatable bonds is 2. The topological polar surface area (TPSA) is 70.7 Å². The van der Waals surface area contributed by atoms with Gasteiger partial charge < -0.3 is 5.32 Å². The van der Waals surface area contributed by atoms with Crippen LogP contribution in [0.5, 0.6) is 0 Å². The number of aromatic amines is 1. The first-order valence-electron chi connectivity index (χ1n) is 4.61. The van der Waals surface area contributed by atoms with Crippen LogP contribution in [0.3, 0.4) is 0 Å². The lowest BCUT2D eigenvalue weighted by molar-refractivity contribution is 0.101. The van der Waals surface area contributed by atoms with Crippen molar-refractivity contribution in [1.29, 1.82) is 0 Å². The van der Waals surface area contributed by atoms with Crippen molar-refractivity contribution in [3.05, 3.63) is 41.2 Å². The Bertz CT molecular complexity index is 614. The molecule has 0 bridgehead atoms. The Kier molecular flexibility index (Phi) is 3.15. The molecule has 0 aliphatic rings. The number of nitrogens with one attached hydrogen (secondary N) is 2. The van der Waals surface area contributed by atoms with Gasteiger partial charge in [-0.25, -0.2) is 26.9 Å². The summed E-state index contributed by atoms with van der Waals surface area (Å²) in [6, 6.07) is 0. The SMILES string of the molecule is O=C(Nc1c(F)c(F)c(F)c(F)c1F)c1ncn[nH]1. The van der Waals surface area contributed by atoms with Crippen LogP contribution >= 0.6 is 0 Å². The summed E-state index contributed by atoms with van der Waals surface area (Å²) in [5.41, 5.74) is -1.46. The van der Waals surface area contributed by atoms with Gasteiger partial charge in [0.05, 0.1) is 0 Å². The predicted octanol–water partition coefficient (Wildman–Crippen LogP) is 1.75. The molecular formula is C9H3F5N4O. The number of nitrogens with zero attached hydrogens (tertiary/aromatic N) is 2. The van der Waals surface area contributed by atoms with E-state index in [2.05, 4.69) is 15.2 Å². The molecule has 0 atom stereocenters. The van der Waals surface area contributed by atoms with Crippen LogP contribution < -0.4 is 5.32 Å². The number of anilines is 1.